The Bertz CT molecular complexity index is 1110. The van der Waals surface area contributed by atoms with Crippen LogP contribution in [0, 0.1) is 12.8 Å². The minimum absolute atomic E-state index is 0.0526. The normalized spacial score (nSPS) is 15.8. The molecule has 1 atom stereocenters. The van der Waals surface area contributed by atoms with Gasteiger partial charge in [-0.2, -0.15) is 4.98 Å². The summed E-state index contributed by atoms with van der Waals surface area (Å²) in [6.45, 7) is 6.62. The molecule has 3 aromatic rings. The molecule has 2 heterocycles. The van der Waals surface area contributed by atoms with Gasteiger partial charge in [0, 0.05) is 30.9 Å². The van der Waals surface area contributed by atoms with Gasteiger partial charge in [-0.25, -0.2) is 0 Å². The summed E-state index contributed by atoms with van der Waals surface area (Å²) in [4.78, 5) is 22.0. The number of ether oxygens (including phenoxy) is 2. The monoisotopic (exact) mass is 464 g/mol. The van der Waals surface area contributed by atoms with E-state index in [0.29, 0.717) is 29.8 Å². The van der Waals surface area contributed by atoms with Gasteiger partial charge in [-0.1, -0.05) is 22.9 Å². The molecular formula is C26H32N4O4. The van der Waals surface area contributed by atoms with E-state index in [1.54, 1.807) is 31.3 Å². The number of aryl methyl sites for hydroxylation is 1. The molecular weight excluding hydrogens is 432 g/mol. The van der Waals surface area contributed by atoms with E-state index >= 15 is 0 Å². The molecule has 1 aromatic heterocycles. The minimum atomic E-state index is -0.0526. The molecule has 1 aliphatic rings. The quantitative estimate of drug-likeness (QED) is 0.491. The first-order valence-corrected chi connectivity index (χ1v) is 11.7. The average molecular weight is 465 g/mol. The van der Waals surface area contributed by atoms with Crippen LogP contribution in [0.15, 0.2) is 47.0 Å². The summed E-state index contributed by atoms with van der Waals surface area (Å²) in [6, 6.07) is 13.9. The maximum Gasteiger partial charge on any atom is 0.246 e. The van der Waals surface area contributed by atoms with Gasteiger partial charge in [0.25, 0.3) is 0 Å². The van der Waals surface area contributed by atoms with Crippen LogP contribution in [0.4, 0.5) is 5.69 Å². The Morgan fingerprint density at radius 3 is 2.62 bits per heavy atom. The Hall–Kier alpha value is -3.55. The maximum absolute atomic E-state index is 13.4. The minimum Gasteiger partial charge on any atom is -0.493 e. The highest BCUT2D eigenvalue weighted by Crippen LogP contribution is 2.31. The zero-order valence-electron chi connectivity index (χ0n) is 20.3. The van der Waals surface area contributed by atoms with E-state index in [4.69, 9.17) is 14.0 Å². The number of methoxy groups -OCH3 is 2. The van der Waals surface area contributed by atoms with Gasteiger partial charge in [-0.05, 0) is 57.0 Å². The second kappa shape index (κ2) is 10.6. The van der Waals surface area contributed by atoms with Crippen molar-refractivity contribution in [3.05, 3.63) is 53.9 Å². The first-order chi connectivity index (χ1) is 16.5. The van der Waals surface area contributed by atoms with Crippen molar-refractivity contribution in [2.75, 3.05) is 38.8 Å². The van der Waals surface area contributed by atoms with Crippen LogP contribution in [0.3, 0.4) is 0 Å². The second-order valence-electron chi connectivity index (χ2n) is 8.55. The van der Waals surface area contributed by atoms with Crippen molar-refractivity contribution >= 4 is 11.6 Å². The first-order valence-electron chi connectivity index (χ1n) is 11.7. The van der Waals surface area contributed by atoms with Gasteiger partial charge in [-0.3, -0.25) is 4.79 Å². The van der Waals surface area contributed by atoms with Crippen molar-refractivity contribution in [1.29, 1.82) is 0 Å². The van der Waals surface area contributed by atoms with Crippen molar-refractivity contribution < 1.29 is 18.8 Å². The van der Waals surface area contributed by atoms with E-state index in [-0.39, 0.29) is 18.4 Å². The van der Waals surface area contributed by atoms with Crippen LogP contribution in [-0.2, 0) is 11.3 Å². The third kappa shape index (κ3) is 5.16. The summed E-state index contributed by atoms with van der Waals surface area (Å²) in [5.41, 5.74) is 3.16. The molecule has 180 valence electrons. The summed E-state index contributed by atoms with van der Waals surface area (Å²) in [7, 11) is 3.17. The summed E-state index contributed by atoms with van der Waals surface area (Å²) in [5.74, 6) is 2.15. The van der Waals surface area contributed by atoms with E-state index in [1.807, 2.05) is 13.0 Å². The topological polar surface area (TPSA) is 80.9 Å². The lowest BCUT2D eigenvalue weighted by atomic mass is 9.95. The number of hydrogen-bond donors (Lipinski definition) is 0. The van der Waals surface area contributed by atoms with Gasteiger partial charge in [0.15, 0.2) is 11.5 Å². The molecule has 8 heteroatoms. The Labute approximate surface area is 200 Å². The molecule has 1 amide bonds. The molecule has 0 bridgehead atoms. The second-order valence-corrected chi connectivity index (χ2v) is 8.55. The van der Waals surface area contributed by atoms with Crippen LogP contribution in [0.2, 0.25) is 0 Å². The highest BCUT2D eigenvalue weighted by atomic mass is 16.5. The van der Waals surface area contributed by atoms with Crippen LogP contribution in [-0.4, -0.2) is 54.8 Å². The Morgan fingerprint density at radius 2 is 1.91 bits per heavy atom. The van der Waals surface area contributed by atoms with Crippen LogP contribution < -0.4 is 14.4 Å². The molecule has 1 saturated heterocycles. The molecule has 1 fully saturated rings. The Kier molecular flexibility index (Phi) is 7.35. The van der Waals surface area contributed by atoms with Crippen LogP contribution >= 0.6 is 0 Å². The van der Waals surface area contributed by atoms with Crippen molar-refractivity contribution in [3.8, 4) is 22.9 Å². The number of piperidine rings is 1. The van der Waals surface area contributed by atoms with Crippen molar-refractivity contribution in [3.63, 3.8) is 0 Å². The van der Waals surface area contributed by atoms with Crippen LogP contribution in [0.25, 0.3) is 11.4 Å². The summed E-state index contributed by atoms with van der Waals surface area (Å²) in [5, 5.41) is 4.11. The third-order valence-corrected chi connectivity index (χ3v) is 6.30. The Morgan fingerprint density at radius 1 is 1.15 bits per heavy atom. The zero-order valence-corrected chi connectivity index (χ0v) is 20.3. The molecule has 1 aliphatic heterocycles. The van der Waals surface area contributed by atoms with E-state index in [2.05, 4.69) is 46.2 Å². The summed E-state index contributed by atoms with van der Waals surface area (Å²) in [6.07, 6.45) is 1.88. The molecule has 0 saturated carbocycles. The number of benzene rings is 2. The lowest BCUT2D eigenvalue weighted by Gasteiger charge is -2.35. The lowest BCUT2D eigenvalue weighted by molar-refractivity contribution is -0.136. The number of hydrogen-bond acceptors (Lipinski definition) is 7. The van der Waals surface area contributed by atoms with Gasteiger partial charge >= 0.3 is 0 Å². The molecule has 34 heavy (non-hydrogen) atoms. The predicted octanol–water partition coefficient (Wildman–Crippen LogP) is 4.33. The lowest BCUT2D eigenvalue weighted by Crippen LogP contribution is -2.44. The number of rotatable bonds is 8. The number of carbonyl (C=O) groups is 1. The van der Waals surface area contributed by atoms with E-state index in [0.717, 1.165) is 31.5 Å². The fourth-order valence-electron chi connectivity index (χ4n) is 4.35. The SMILES string of the molecule is CCN(Cc1nc(-c2ccc(OC)c(OC)c2)no1)C(=O)C1CCCN(c2ccc(C)cc2)C1. The number of aromatic nitrogens is 2. The van der Waals surface area contributed by atoms with Crippen LogP contribution in [0.5, 0.6) is 11.5 Å². The third-order valence-electron chi connectivity index (χ3n) is 6.30. The van der Waals surface area contributed by atoms with E-state index in [1.165, 1.54) is 11.3 Å². The molecule has 1 unspecified atom stereocenters. The number of amides is 1. The Balaban J connectivity index is 1.43. The average Bonchev–Trinajstić information content (AvgIpc) is 3.35. The predicted molar refractivity (Wildman–Crippen MR) is 130 cm³/mol. The number of carbonyl (C=O) groups excluding carboxylic acids is 1. The standard InChI is InChI=1S/C26H32N4O4/c1-5-29(26(31)20-7-6-14-30(16-20)21-11-8-18(2)9-12-21)17-24-27-25(28-34-24)19-10-13-22(32-3)23(15-19)33-4/h8-13,15,20H,5-7,14,16-17H2,1-4H3. The molecule has 0 radical (unpaired) electrons. The highest BCUT2D eigenvalue weighted by Gasteiger charge is 2.30. The van der Waals surface area contributed by atoms with Gasteiger partial charge in [-0.15, -0.1) is 0 Å². The fraction of sp³-hybridized carbons (Fsp3) is 0.423. The molecule has 2 aromatic carbocycles. The van der Waals surface area contributed by atoms with Crippen LogP contribution in [0.1, 0.15) is 31.2 Å². The largest absolute Gasteiger partial charge is 0.493 e. The molecule has 0 aliphatic carbocycles. The van der Waals surface area contributed by atoms with E-state index < -0.39 is 0 Å². The first kappa shape index (κ1) is 23.6. The van der Waals surface area contributed by atoms with Gasteiger partial charge < -0.3 is 23.8 Å². The molecule has 8 nitrogen and oxygen atoms in total. The van der Waals surface area contributed by atoms with Crippen molar-refractivity contribution in [2.45, 2.75) is 33.2 Å². The van der Waals surface area contributed by atoms with E-state index in [9.17, 15) is 4.79 Å². The smallest absolute Gasteiger partial charge is 0.246 e. The van der Waals surface area contributed by atoms with Crippen molar-refractivity contribution in [2.24, 2.45) is 5.92 Å². The number of nitrogens with zero attached hydrogens (tertiary/aromatic N) is 4. The highest BCUT2D eigenvalue weighted by molar-refractivity contribution is 5.79. The maximum atomic E-state index is 13.4. The van der Waals surface area contributed by atoms with Crippen molar-refractivity contribution in [1.82, 2.24) is 15.0 Å². The summed E-state index contributed by atoms with van der Waals surface area (Å²) >= 11 is 0. The van der Waals surface area contributed by atoms with Gasteiger partial charge in [0.1, 0.15) is 0 Å². The van der Waals surface area contributed by atoms with Gasteiger partial charge in [0.2, 0.25) is 17.6 Å². The zero-order chi connectivity index (χ0) is 24.1. The van der Waals surface area contributed by atoms with Gasteiger partial charge in [0.05, 0.1) is 26.7 Å². The fourth-order valence-corrected chi connectivity index (χ4v) is 4.35. The molecule has 0 N–H and O–H groups in total. The summed E-state index contributed by atoms with van der Waals surface area (Å²) < 4.78 is 16.1. The molecule has 0 spiro atoms. The number of anilines is 1. The molecule has 4 rings (SSSR count).